The third-order valence-corrected chi connectivity index (χ3v) is 7.32. The molecule has 3 N–H and O–H groups in total. The van der Waals surface area contributed by atoms with E-state index in [1.807, 2.05) is 91.9 Å². The van der Waals surface area contributed by atoms with Gasteiger partial charge in [-0.2, -0.15) is 0 Å². The first kappa shape index (κ1) is 25.3. The minimum absolute atomic E-state index is 0.149. The number of hydrogen-bond acceptors (Lipinski definition) is 4. The highest BCUT2D eigenvalue weighted by atomic mass is 32.2. The number of benzene rings is 3. The number of carbonyl (C=O) groups is 3. The molecule has 0 saturated carbocycles. The number of carboxylic acids is 1. The van der Waals surface area contributed by atoms with Gasteiger partial charge in [0, 0.05) is 16.3 Å². The number of aryl methyl sites for hydroxylation is 1. The molecule has 0 aromatic heterocycles. The van der Waals surface area contributed by atoms with E-state index in [2.05, 4.69) is 10.6 Å². The van der Waals surface area contributed by atoms with Crippen LogP contribution in [0.25, 0.3) is 0 Å². The highest BCUT2D eigenvalue weighted by Crippen LogP contribution is 2.37. The molecule has 3 atom stereocenters. The third kappa shape index (κ3) is 6.43. The number of amides is 2. The molecular weight excluding hydrogens is 472 g/mol. The molecule has 0 bridgehead atoms. The zero-order valence-electron chi connectivity index (χ0n) is 19.9. The topological polar surface area (TPSA) is 95.5 Å². The number of hydrogen-bond donors (Lipinski definition) is 3. The number of carbonyl (C=O) groups excluding carboxylic acids is 2. The smallest absolute Gasteiger partial charge is 0.307 e. The average Bonchev–Trinajstić information content (AvgIpc) is 2.88. The van der Waals surface area contributed by atoms with Gasteiger partial charge in [-0.05, 0) is 61.2 Å². The summed E-state index contributed by atoms with van der Waals surface area (Å²) in [5.41, 5.74) is 3.21. The first-order valence-corrected chi connectivity index (χ1v) is 12.7. The number of rotatable bonds is 8. The molecule has 7 heteroatoms. The summed E-state index contributed by atoms with van der Waals surface area (Å²) >= 11 is 1.39. The number of allylic oxidation sites excluding steroid dienone is 2. The van der Waals surface area contributed by atoms with Crippen LogP contribution in [0.4, 0.5) is 11.4 Å². The van der Waals surface area contributed by atoms with Crippen LogP contribution in [0.3, 0.4) is 0 Å². The quantitative estimate of drug-likeness (QED) is 0.258. The SMILES string of the molecule is Cc1cccc(NC(=O)C(Sc2cccc(NC(=O)C3CC=CCC3C(=O)O)c2)c2ccccc2)c1. The Balaban J connectivity index is 1.52. The van der Waals surface area contributed by atoms with Crippen LogP contribution in [-0.4, -0.2) is 22.9 Å². The van der Waals surface area contributed by atoms with E-state index in [4.69, 9.17) is 0 Å². The number of nitrogens with one attached hydrogen (secondary N) is 2. The van der Waals surface area contributed by atoms with E-state index in [1.165, 1.54) is 11.8 Å². The van der Waals surface area contributed by atoms with Crippen molar-refractivity contribution in [1.29, 1.82) is 0 Å². The lowest BCUT2D eigenvalue weighted by Crippen LogP contribution is -2.34. The molecule has 0 heterocycles. The van der Waals surface area contributed by atoms with Crippen LogP contribution in [0.15, 0.2) is 95.9 Å². The van der Waals surface area contributed by atoms with Gasteiger partial charge in [0.15, 0.2) is 0 Å². The molecule has 4 rings (SSSR count). The summed E-state index contributed by atoms with van der Waals surface area (Å²) < 4.78 is 0. The summed E-state index contributed by atoms with van der Waals surface area (Å²) in [6, 6.07) is 24.5. The molecule has 184 valence electrons. The molecule has 3 aromatic rings. The summed E-state index contributed by atoms with van der Waals surface area (Å²) in [4.78, 5) is 38.6. The molecule has 0 radical (unpaired) electrons. The van der Waals surface area contributed by atoms with Crippen molar-refractivity contribution in [2.24, 2.45) is 11.8 Å². The molecule has 36 heavy (non-hydrogen) atoms. The fourth-order valence-corrected chi connectivity index (χ4v) is 5.31. The van der Waals surface area contributed by atoms with E-state index in [1.54, 1.807) is 6.07 Å². The zero-order chi connectivity index (χ0) is 25.5. The van der Waals surface area contributed by atoms with Gasteiger partial charge in [-0.1, -0.05) is 60.7 Å². The van der Waals surface area contributed by atoms with E-state index in [0.29, 0.717) is 18.5 Å². The van der Waals surface area contributed by atoms with Crippen LogP contribution in [0.1, 0.15) is 29.2 Å². The normalized spacial score (nSPS) is 17.7. The Morgan fingerprint density at radius 1 is 0.833 bits per heavy atom. The second-order valence-electron chi connectivity index (χ2n) is 8.78. The molecule has 6 nitrogen and oxygen atoms in total. The van der Waals surface area contributed by atoms with Crippen molar-refractivity contribution in [2.75, 3.05) is 10.6 Å². The number of aliphatic carboxylic acids is 1. The standard InChI is InChI=1S/C29H28N2O4S/c1-19-9-7-12-21(17-19)31-28(33)26(20-10-3-2-4-11-20)36-23-14-8-13-22(18-23)30-27(32)24-15-5-6-16-25(24)29(34)35/h2-14,17-18,24-26H,15-16H2,1H3,(H,30,32)(H,31,33)(H,34,35). The lowest BCUT2D eigenvalue weighted by atomic mass is 9.82. The molecule has 0 spiro atoms. The predicted molar refractivity (Wildman–Crippen MR) is 143 cm³/mol. The molecule has 3 aromatic carbocycles. The highest BCUT2D eigenvalue weighted by molar-refractivity contribution is 8.00. The van der Waals surface area contributed by atoms with E-state index < -0.39 is 23.1 Å². The van der Waals surface area contributed by atoms with Gasteiger partial charge in [0.1, 0.15) is 5.25 Å². The molecule has 0 fully saturated rings. The predicted octanol–water partition coefficient (Wildman–Crippen LogP) is 6.07. The van der Waals surface area contributed by atoms with E-state index in [-0.39, 0.29) is 11.8 Å². The first-order chi connectivity index (χ1) is 17.4. The van der Waals surface area contributed by atoms with Gasteiger partial charge in [-0.25, -0.2) is 0 Å². The molecule has 3 unspecified atom stereocenters. The van der Waals surface area contributed by atoms with Gasteiger partial charge in [-0.3, -0.25) is 14.4 Å². The van der Waals surface area contributed by atoms with Gasteiger partial charge < -0.3 is 15.7 Å². The Bertz CT molecular complexity index is 1280. The van der Waals surface area contributed by atoms with Crippen LogP contribution >= 0.6 is 11.8 Å². The summed E-state index contributed by atoms with van der Waals surface area (Å²) in [6.45, 7) is 1.97. The van der Waals surface area contributed by atoms with Crippen molar-refractivity contribution in [3.05, 3.63) is 102 Å². The fourth-order valence-electron chi connectivity index (χ4n) is 4.23. The summed E-state index contributed by atoms with van der Waals surface area (Å²) in [7, 11) is 0. The van der Waals surface area contributed by atoms with E-state index >= 15 is 0 Å². The monoisotopic (exact) mass is 500 g/mol. The van der Waals surface area contributed by atoms with Crippen LogP contribution in [-0.2, 0) is 14.4 Å². The van der Waals surface area contributed by atoms with Crippen molar-refractivity contribution >= 4 is 40.9 Å². The average molecular weight is 501 g/mol. The largest absolute Gasteiger partial charge is 0.481 e. The lowest BCUT2D eigenvalue weighted by molar-refractivity contribution is -0.146. The van der Waals surface area contributed by atoms with Gasteiger partial charge >= 0.3 is 5.97 Å². The second-order valence-corrected chi connectivity index (χ2v) is 9.96. The fraction of sp³-hybridized carbons (Fsp3) is 0.207. The molecule has 2 amide bonds. The minimum atomic E-state index is -0.964. The molecule has 0 saturated heterocycles. The van der Waals surface area contributed by atoms with Gasteiger partial charge in [0.05, 0.1) is 11.8 Å². The van der Waals surface area contributed by atoms with Crippen molar-refractivity contribution in [3.8, 4) is 0 Å². The van der Waals surface area contributed by atoms with E-state index in [0.717, 1.165) is 21.7 Å². The van der Waals surface area contributed by atoms with Crippen molar-refractivity contribution in [1.82, 2.24) is 0 Å². The maximum absolute atomic E-state index is 13.3. The minimum Gasteiger partial charge on any atom is -0.481 e. The molecular formula is C29H28N2O4S. The molecule has 1 aliphatic carbocycles. The Morgan fingerprint density at radius 2 is 1.50 bits per heavy atom. The van der Waals surface area contributed by atoms with Crippen LogP contribution in [0.2, 0.25) is 0 Å². The highest BCUT2D eigenvalue weighted by Gasteiger charge is 2.34. The summed E-state index contributed by atoms with van der Waals surface area (Å²) in [5.74, 6) is -2.79. The Morgan fingerprint density at radius 3 is 2.19 bits per heavy atom. The number of anilines is 2. The van der Waals surface area contributed by atoms with Crippen LogP contribution in [0, 0.1) is 18.8 Å². The van der Waals surface area contributed by atoms with E-state index in [9.17, 15) is 19.5 Å². The van der Waals surface area contributed by atoms with Gasteiger partial charge in [-0.15, -0.1) is 11.8 Å². The Labute approximate surface area is 214 Å². The number of thioether (sulfide) groups is 1. The van der Waals surface area contributed by atoms with Crippen molar-refractivity contribution in [2.45, 2.75) is 29.9 Å². The van der Waals surface area contributed by atoms with Crippen LogP contribution < -0.4 is 10.6 Å². The second kappa shape index (κ2) is 11.7. The maximum atomic E-state index is 13.3. The van der Waals surface area contributed by atoms with Crippen LogP contribution in [0.5, 0.6) is 0 Å². The lowest BCUT2D eigenvalue weighted by Gasteiger charge is -2.24. The number of carboxylic acid groups (broad SMARTS) is 1. The molecule has 1 aliphatic rings. The first-order valence-electron chi connectivity index (χ1n) is 11.8. The van der Waals surface area contributed by atoms with Gasteiger partial charge in [0.2, 0.25) is 11.8 Å². The van der Waals surface area contributed by atoms with Gasteiger partial charge in [0.25, 0.3) is 0 Å². The maximum Gasteiger partial charge on any atom is 0.307 e. The summed E-state index contributed by atoms with van der Waals surface area (Å²) in [6.07, 6.45) is 4.41. The van der Waals surface area contributed by atoms with Crippen molar-refractivity contribution in [3.63, 3.8) is 0 Å². The Hall–Kier alpha value is -3.84. The molecule has 0 aliphatic heterocycles. The third-order valence-electron chi connectivity index (χ3n) is 6.07. The zero-order valence-corrected chi connectivity index (χ0v) is 20.7. The summed E-state index contributed by atoms with van der Waals surface area (Å²) in [5, 5.41) is 14.9. The Kier molecular flexibility index (Phi) is 8.23. The van der Waals surface area contributed by atoms with Crippen molar-refractivity contribution < 1.29 is 19.5 Å².